The van der Waals surface area contributed by atoms with Gasteiger partial charge in [0.25, 0.3) is 5.91 Å². The molecule has 2 aromatic heterocycles. The Kier molecular flexibility index (Phi) is 9.52. The molecule has 5 rings (SSSR count). The number of hydrogen-bond donors (Lipinski definition) is 1. The average molecular weight is 664 g/mol. The van der Waals surface area contributed by atoms with Crippen LogP contribution in [0.4, 0.5) is 18.3 Å². The normalized spacial score (nSPS) is 15.8. The summed E-state index contributed by atoms with van der Waals surface area (Å²) in [5.41, 5.74) is 1.94. The third kappa shape index (κ3) is 6.94. The third-order valence-electron chi connectivity index (χ3n) is 6.85. The summed E-state index contributed by atoms with van der Waals surface area (Å²) >= 11 is 1.08. The van der Waals surface area contributed by atoms with Crippen LogP contribution in [0.1, 0.15) is 5.76 Å². The summed E-state index contributed by atoms with van der Waals surface area (Å²) in [6.45, 7) is -0.442. The van der Waals surface area contributed by atoms with Crippen LogP contribution in [0.5, 0.6) is 23.0 Å². The average Bonchev–Trinajstić information content (AvgIpc) is 3.69. The molecule has 46 heavy (non-hydrogen) atoms. The van der Waals surface area contributed by atoms with Crippen LogP contribution in [-0.2, 0) is 19.0 Å². The molecule has 0 spiro atoms. The Labute approximate surface area is 264 Å². The number of aromatic nitrogens is 2. The number of nitrogens with one attached hydrogen (secondary N) is 1. The monoisotopic (exact) mass is 663 g/mol. The molecule has 1 atom stereocenters. The molecule has 0 aliphatic heterocycles. The van der Waals surface area contributed by atoms with Gasteiger partial charge in [-0.1, -0.05) is 16.5 Å². The lowest BCUT2D eigenvalue weighted by atomic mass is 9.96. The smallest absolute Gasteiger partial charge is 0.493 e. The number of anilines is 1. The van der Waals surface area contributed by atoms with Gasteiger partial charge in [-0.05, 0) is 42.5 Å². The summed E-state index contributed by atoms with van der Waals surface area (Å²) in [7, 11) is 7.39. The highest BCUT2D eigenvalue weighted by Crippen LogP contribution is 2.42. The minimum absolute atomic E-state index is 0.165. The number of thiazole rings is 1. The fourth-order valence-electron chi connectivity index (χ4n) is 4.67. The molecule has 4 aromatic rings. The van der Waals surface area contributed by atoms with Gasteiger partial charge in [-0.2, -0.15) is 0 Å². The molecule has 0 bridgehead atoms. The van der Waals surface area contributed by atoms with E-state index >= 15 is 0 Å². The van der Waals surface area contributed by atoms with E-state index in [2.05, 4.69) is 20.2 Å². The minimum Gasteiger partial charge on any atom is -0.493 e. The van der Waals surface area contributed by atoms with Crippen LogP contribution in [0, 0.1) is 0 Å². The number of hydrogen-bond acceptors (Lipinski definition) is 12. The molecule has 2 heterocycles. The first-order valence-electron chi connectivity index (χ1n) is 13.4. The van der Waals surface area contributed by atoms with Crippen LogP contribution in [0.3, 0.4) is 0 Å². The zero-order valence-electron chi connectivity index (χ0n) is 25.1. The van der Waals surface area contributed by atoms with Crippen molar-refractivity contribution in [3.63, 3.8) is 0 Å². The second-order valence-electron chi connectivity index (χ2n) is 9.55. The number of ether oxygens (including phenoxy) is 7. The molecular weight excluding hydrogens is 635 g/mol. The number of carbonyl (C=O) groups excluding carboxylic acids is 1. The van der Waals surface area contributed by atoms with E-state index in [9.17, 15) is 18.0 Å². The molecule has 12 nitrogen and oxygen atoms in total. The van der Waals surface area contributed by atoms with Gasteiger partial charge in [-0.25, -0.2) is 4.98 Å². The lowest BCUT2D eigenvalue weighted by molar-refractivity contribution is -0.274. The van der Waals surface area contributed by atoms with Crippen LogP contribution < -0.4 is 24.3 Å². The van der Waals surface area contributed by atoms with Crippen LogP contribution in [0.15, 0.2) is 59.1 Å². The topological polar surface area (TPSA) is 133 Å². The molecule has 1 unspecified atom stereocenters. The number of allylic oxidation sites excluding steroid dienone is 2. The van der Waals surface area contributed by atoms with E-state index in [1.807, 2.05) is 0 Å². The number of alkyl halides is 3. The standard InChI is InChI=1S/C30H28F3N3O9S/c1-38-22-10-17(11-23(39-2)27(22)40-3)19-14-21(45-36-19)16-8-9-29(41-4,42-5)25(12-16)43-15-26(37)35-28-34-20-13-18(44-30(31,32)33)6-7-24(20)46-28/h6-14,25H,15H2,1-5H3,(H,34,35,37). The van der Waals surface area contributed by atoms with E-state index in [0.717, 1.165) is 17.4 Å². The van der Waals surface area contributed by atoms with Gasteiger partial charge < -0.3 is 37.7 Å². The summed E-state index contributed by atoms with van der Waals surface area (Å²) in [6.07, 6.45) is -0.750. The molecule has 2 aromatic carbocycles. The predicted molar refractivity (Wildman–Crippen MR) is 160 cm³/mol. The van der Waals surface area contributed by atoms with Crippen LogP contribution in [-0.4, -0.2) is 76.5 Å². The first-order chi connectivity index (χ1) is 22.0. The van der Waals surface area contributed by atoms with Crippen molar-refractivity contribution in [2.45, 2.75) is 18.3 Å². The van der Waals surface area contributed by atoms with E-state index in [4.69, 9.17) is 32.9 Å². The fourth-order valence-corrected chi connectivity index (χ4v) is 5.53. The van der Waals surface area contributed by atoms with Crippen molar-refractivity contribution in [3.05, 3.63) is 60.4 Å². The van der Waals surface area contributed by atoms with E-state index in [1.54, 1.807) is 36.4 Å². The first kappa shape index (κ1) is 32.7. The maximum atomic E-state index is 12.8. The fraction of sp³-hybridized carbons (Fsp3) is 0.300. The van der Waals surface area contributed by atoms with Crippen LogP contribution in [0.25, 0.3) is 27.0 Å². The van der Waals surface area contributed by atoms with Crippen molar-refractivity contribution in [1.82, 2.24) is 10.1 Å². The second-order valence-corrected chi connectivity index (χ2v) is 10.6. The Balaban J connectivity index is 1.32. The Hall–Kier alpha value is -4.64. The SMILES string of the molecule is COc1cc(-c2cc(C3=CC(OCC(=O)Nc4nc5cc(OC(F)(F)F)ccc5s4)C(OC)(OC)C=C3)on2)cc(OC)c1OC. The zero-order valence-corrected chi connectivity index (χ0v) is 25.9. The Bertz CT molecular complexity index is 1750. The summed E-state index contributed by atoms with van der Waals surface area (Å²) in [5, 5.41) is 6.95. The molecule has 1 aliphatic rings. The van der Waals surface area contributed by atoms with E-state index in [0.29, 0.717) is 44.5 Å². The molecule has 244 valence electrons. The molecule has 0 saturated heterocycles. The van der Waals surface area contributed by atoms with Crippen molar-refractivity contribution >= 4 is 38.2 Å². The Morgan fingerprint density at radius 3 is 2.37 bits per heavy atom. The maximum Gasteiger partial charge on any atom is 0.573 e. The van der Waals surface area contributed by atoms with Gasteiger partial charge in [0.1, 0.15) is 24.2 Å². The molecule has 16 heteroatoms. The number of halogens is 3. The molecular formula is C30H28F3N3O9S. The number of nitrogens with zero attached hydrogens (tertiary/aromatic N) is 2. The van der Waals surface area contributed by atoms with Crippen LogP contribution in [0.2, 0.25) is 0 Å². The van der Waals surface area contributed by atoms with Crippen LogP contribution >= 0.6 is 11.3 Å². The van der Waals surface area contributed by atoms with Crippen molar-refractivity contribution in [1.29, 1.82) is 0 Å². The van der Waals surface area contributed by atoms with Gasteiger partial charge in [-0.3, -0.25) is 10.1 Å². The van der Waals surface area contributed by atoms with Gasteiger partial charge in [0.15, 0.2) is 22.4 Å². The van der Waals surface area contributed by atoms with Gasteiger partial charge in [0, 0.05) is 37.5 Å². The summed E-state index contributed by atoms with van der Waals surface area (Å²) < 4.78 is 81.2. The van der Waals surface area contributed by atoms with Crippen molar-refractivity contribution in [3.8, 4) is 34.3 Å². The Morgan fingerprint density at radius 1 is 1.02 bits per heavy atom. The predicted octanol–water partition coefficient (Wildman–Crippen LogP) is 5.84. The van der Waals surface area contributed by atoms with Crippen molar-refractivity contribution in [2.24, 2.45) is 0 Å². The molecule has 1 aliphatic carbocycles. The number of fused-ring (bicyclic) bond motifs is 1. The van der Waals surface area contributed by atoms with Crippen molar-refractivity contribution < 1.29 is 55.6 Å². The van der Waals surface area contributed by atoms with Gasteiger partial charge >= 0.3 is 6.36 Å². The highest BCUT2D eigenvalue weighted by Gasteiger charge is 2.40. The molecule has 0 saturated carbocycles. The minimum atomic E-state index is -4.84. The zero-order chi connectivity index (χ0) is 33.1. The van der Waals surface area contributed by atoms with E-state index in [-0.39, 0.29) is 10.6 Å². The highest BCUT2D eigenvalue weighted by molar-refractivity contribution is 7.22. The number of carbonyl (C=O) groups is 1. The van der Waals surface area contributed by atoms with Gasteiger partial charge in [0.2, 0.25) is 11.5 Å². The lowest BCUT2D eigenvalue weighted by Crippen LogP contribution is -2.47. The van der Waals surface area contributed by atoms with Gasteiger partial charge in [0.05, 0.1) is 31.5 Å². The van der Waals surface area contributed by atoms with Crippen molar-refractivity contribution in [2.75, 3.05) is 47.5 Å². The van der Waals surface area contributed by atoms with Gasteiger partial charge in [-0.15, -0.1) is 13.2 Å². The van der Waals surface area contributed by atoms with E-state index < -0.39 is 36.5 Å². The van der Waals surface area contributed by atoms with E-state index in [1.165, 1.54) is 47.7 Å². The quantitative estimate of drug-likeness (QED) is 0.183. The summed E-state index contributed by atoms with van der Waals surface area (Å²) in [6, 6.07) is 8.91. The number of rotatable bonds is 12. The molecule has 1 amide bonds. The molecule has 0 radical (unpaired) electrons. The second kappa shape index (κ2) is 13.4. The molecule has 1 N–H and O–H groups in total. The molecule has 0 fully saturated rings. The summed E-state index contributed by atoms with van der Waals surface area (Å²) in [4.78, 5) is 17.0. The number of methoxy groups -OCH3 is 5. The lowest BCUT2D eigenvalue weighted by Gasteiger charge is -2.36. The Morgan fingerprint density at radius 2 is 1.74 bits per heavy atom. The highest BCUT2D eigenvalue weighted by atomic mass is 32.1. The summed E-state index contributed by atoms with van der Waals surface area (Å²) in [5.74, 6) is -0.640. The maximum absolute atomic E-state index is 12.8. The number of amides is 1. The number of benzene rings is 2. The first-order valence-corrected chi connectivity index (χ1v) is 14.2. The largest absolute Gasteiger partial charge is 0.573 e. The third-order valence-corrected chi connectivity index (χ3v) is 7.80.